The molecule has 9 aromatic carbocycles. The topological polar surface area (TPSA) is 16.4 Å². The Balaban J connectivity index is 1.12. The van der Waals surface area contributed by atoms with Crippen LogP contribution in [0.25, 0.3) is 55.3 Å². The smallest absolute Gasteiger partial charge is 0.141 e. The van der Waals surface area contributed by atoms with Crippen LogP contribution in [0.3, 0.4) is 0 Å². The molecule has 10 aromatic rings. The first-order chi connectivity index (χ1) is 31.2. The van der Waals surface area contributed by atoms with Crippen molar-refractivity contribution < 1.29 is 4.42 Å². The molecule has 2 nitrogen and oxygen atoms in total. The zero-order chi connectivity index (χ0) is 43.5. The van der Waals surface area contributed by atoms with E-state index in [0.717, 1.165) is 33.3 Å². The van der Waals surface area contributed by atoms with E-state index in [9.17, 15) is 0 Å². The summed E-state index contributed by atoms with van der Waals surface area (Å²) >= 11 is 0. The SMILES string of the molecule is Bc1c(B)c(N(c2ccc3c(c2)C(C)(C)c2ccccc2-3)c2ccc3c(c2)C(c2ccccc2)(c2ccccc2)c2ccccc2-3)c(B)c(B)c1-c1ccc2c(c1)oc1ccccc12. The normalized spacial score (nSPS) is 14.0. The van der Waals surface area contributed by atoms with Gasteiger partial charge in [0.15, 0.2) is 0 Å². The van der Waals surface area contributed by atoms with Gasteiger partial charge in [-0.15, -0.1) is 0 Å². The number of furan rings is 1. The molecule has 0 saturated heterocycles. The zero-order valence-corrected chi connectivity index (χ0v) is 37.3. The predicted molar refractivity (Wildman–Crippen MR) is 281 cm³/mol. The third-order valence-electron chi connectivity index (χ3n) is 15.0. The summed E-state index contributed by atoms with van der Waals surface area (Å²) in [4.78, 5) is 2.57. The fourth-order valence-corrected chi connectivity index (χ4v) is 11.8. The van der Waals surface area contributed by atoms with Gasteiger partial charge < -0.3 is 9.32 Å². The standard InChI is InChI=1S/C58H45B4NO/c1-57(2)45-22-12-9-19-39(45)41-29-26-37(32-47(41)57)63(56-54(61)52(59)51(53(60)55(56)62)34-25-28-44-43-21-11-14-24-49(43)64-50(44)31-34)38-27-30-42-40-20-10-13-23-46(40)58(48(42)33-38,35-15-5-3-6-16-35)36-17-7-4-8-18-36/h3-33H,59-62H2,1-2H3. The molecular formula is C58H45B4NO. The van der Waals surface area contributed by atoms with Gasteiger partial charge >= 0.3 is 0 Å². The Bertz CT molecular complexity index is 3470. The molecule has 0 atom stereocenters. The number of nitrogens with zero attached hydrogens (tertiary/aromatic N) is 1. The van der Waals surface area contributed by atoms with Crippen molar-refractivity contribution >= 4 is 92.2 Å². The van der Waals surface area contributed by atoms with E-state index in [4.69, 9.17) is 4.42 Å². The Labute approximate surface area is 379 Å². The fourth-order valence-electron chi connectivity index (χ4n) is 11.8. The third-order valence-corrected chi connectivity index (χ3v) is 15.0. The van der Waals surface area contributed by atoms with Gasteiger partial charge in [-0.25, -0.2) is 0 Å². The van der Waals surface area contributed by atoms with E-state index < -0.39 is 5.41 Å². The zero-order valence-electron chi connectivity index (χ0n) is 37.3. The lowest BCUT2D eigenvalue weighted by Crippen LogP contribution is -2.46. The maximum atomic E-state index is 6.44. The number of hydrogen-bond donors (Lipinski definition) is 0. The highest BCUT2D eigenvalue weighted by molar-refractivity contribution is 6.63. The van der Waals surface area contributed by atoms with Crippen LogP contribution in [-0.4, -0.2) is 31.4 Å². The monoisotopic (exact) mass is 815 g/mol. The number of fused-ring (bicyclic) bond motifs is 9. The van der Waals surface area contributed by atoms with Gasteiger partial charge in [-0.3, -0.25) is 0 Å². The van der Waals surface area contributed by atoms with E-state index >= 15 is 0 Å². The maximum absolute atomic E-state index is 6.44. The van der Waals surface area contributed by atoms with Crippen LogP contribution < -0.4 is 26.8 Å². The van der Waals surface area contributed by atoms with E-state index in [1.165, 1.54) is 94.3 Å². The van der Waals surface area contributed by atoms with Crippen molar-refractivity contribution in [2.24, 2.45) is 0 Å². The van der Waals surface area contributed by atoms with Gasteiger partial charge in [0, 0.05) is 33.2 Å². The highest BCUT2D eigenvalue weighted by Gasteiger charge is 2.46. The number of benzene rings is 9. The number of anilines is 3. The molecule has 0 unspecified atom stereocenters. The lowest BCUT2D eigenvalue weighted by atomic mass is 9.64. The number of hydrogen-bond acceptors (Lipinski definition) is 2. The van der Waals surface area contributed by atoms with Gasteiger partial charge in [0.05, 0.1) is 5.41 Å². The van der Waals surface area contributed by atoms with Crippen LogP contribution >= 0.6 is 0 Å². The summed E-state index contributed by atoms with van der Waals surface area (Å²) in [6.07, 6.45) is 0. The largest absolute Gasteiger partial charge is 0.456 e. The fraction of sp³-hybridized carbons (Fsp3) is 0.0690. The summed E-state index contributed by atoms with van der Waals surface area (Å²) in [5.41, 5.74) is 25.2. The quantitative estimate of drug-likeness (QED) is 0.157. The summed E-state index contributed by atoms with van der Waals surface area (Å²) in [6.45, 7) is 4.76. The highest BCUT2D eigenvalue weighted by atomic mass is 16.3. The van der Waals surface area contributed by atoms with E-state index in [0.29, 0.717) is 0 Å². The molecule has 0 saturated carbocycles. The second-order valence-corrected chi connectivity index (χ2v) is 18.5. The highest BCUT2D eigenvalue weighted by Crippen LogP contribution is 2.57. The molecule has 2 aliphatic rings. The van der Waals surface area contributed by atoms with E-state index in [1.807, 2.05) is 6.07 Å². The Hall–Kier alpha value is -7.16. The molecule has 1 heterocycles. The molecule has 6 heteroatoms. The van der Waals surface area contributed by atoms with Crippen LogP contribution in [0.4, 0.5) is 17.1 Å². The Morgan fingerprint density at radius 1 is 0.406 bits per heavy atom. The average Bonchev–Trinajstić information content (AvgIpc) is 3.93. The Morgan fingerprint density at radius 2 is 0.906 bits per heavy atom. The van der Waals surface area contributed by atoms with Gasteiger partial charge in [0.25, 0.3) is 0 Å². The lowest BCUT2D eigenvalue weighted by Gasteiger charge is -2.36. The minimum Gasteiger partial charge on any atom is -0.456 e. The maximum Gasteiger partial charge on any atom is 0.141 e. The first-order valence-electron chi connectivity index (χ1n) is 22.6. The van der Waals surface area contributed by atoms with E-state index in [-0.39, 0.29) is 5.41 Å². The molecule has 0 aliphatic heterocycles. The summed E-state index contributed by atoms with van der Waals surface area (Å²) in [5, 5.41) is 2.30. The summed E-state index contributed by atoms with van der Waals surface area (Å²) in [5.74, 6) is 0. The Morgan fingerprint density at radius 3 is 1.56 bits per heavy atom. The van der Waals surface area contributed by atoms with Crippen molar-refractivity contribution in [1.29, 1.82) is 0 Å². The molecule has 0 fully saturated rings. The van der Waals surface area contributed by atoms with Crippen molar-refractivity contribution in [2.75, 3.05) is 4.90 Å². The van der Waals surface area contributed by atoms with Crippen LogP contribution in [0, 0.1) is 0 Å². The van der Waals surface area contributed by atoms with Crippen LogP contribution in [0.1, 0.15) is 47.2 Å². The molecular weight excluding hydrogens is 770 g/mol. The van der Waals surface area contributed by atoms with Crippen LogP contribution in [0.2, 0.25) is 0 Å². The van der Waals surface area contributed by atoms with Crippen LogP contribution in [0.5, 0.6) is 0 Å². The predicted octanol–water partition coefficient (Wildman–Crippen LogP) is 8.43. The first kappa shape index (κ1) is 38.5. The van der Waals surface area contributed by atoms with Crippen LogP contribution in [0.15, 0.2) is 192 Å². The molecule has 12 rings (SSSR count). The molecule has 64 heavy (non-hydrogen) atoms. The first-order valence-corrected chi connectivity index (χ1v) is 22.6. The van der Waals surface area contributed by atoms with Crippen molar-refractivity contribution in [1.82, 2.24) is 0 Å². The van der Waals surface area contributed by atoms with Gasteiger partial charge in [-0.1, -0.05) is 181 Å². The van der Waals surface area contributed by atoms with Crippen molar-refractivity contribution in [3.8, 4) is 33.4 Å². The third kappa shape index (κ3) is 5.32. The lowest BCUT2D eigenvalue weighted by molar-refractivity contribution is 0.660. The molecule has 0 radical (unpaired) electrons. The molecule has 0 spiro atoms. The van der Waals surface area contributed by atoms with Gasteiger partial charge in [0.2, 0.25) is 0 Å². The van der Waals surface area contributed by atoms with Gasteiger partial charge in [-0.05, 0) is 109 Å². The van der Waals surface area contributed by atoms with Crippen molar-refractivity contribution in [3.05, 3.63) is 221 Å². The molecule has 1 aromatic heterocycles. The molecule has 0 N–H and O–H groups in total. The summed E-state index contributed by atoms with van der Waals surface area (Å²) in [7, 11) is 9.25. The number of para-hydroxylation sites is 1. The van der Waals surface area contributed by atoms with Gasteiger partial charge in [0.1, 0.15) is 42.6 Å². The molecule has 0 amide bonds. The van der Waals surface area contributed by atoms with Crippen molar-refractivity contribution in [3.63, 3.8) is 0 Å². The van der Waals surface area contributed by atoms with E-state index in [1.54, 1.807) is 0 Å². The number of rotatable bonds is 6. The average molecular weight is 815 g/mol. The van der Waals surface area contributed by atoms with E-state index in [2.05, 4.69) is 232 Å². The van der Waals surface area contributed by atoms with Crippen molar-refractivity contribution in [2.45, 2.75) is 24.7 Å². The molecule has 300 valence electrons. The summed E-state index contributed by atoms with van der Waals surface area (Å²) < 4.78 is 6.44. The van der Waals surface area contributed by atoms with Gasteiger partial charge in [-0.2, -0.15) is 0 Å². The molecule has 0 bridgehead atoms. The minimum atomic E-state index is -0.521. The summed E-state index contributed by atoms with van der Waals surface area (Å²) in [6, 6.07) is 69.8. The van der Waals surface area contributed by atoms with Crippen LogP contribution in [-0.2, 0) is 10.8 Å². The molecule has 2 aliphatic carbocycles. The Kier molecular flexibility index (Phi) is 8.53. The second-order valence-electron chi connectivity index (χ2n) is 18.5. The second kappa shape index (κ2) is 14.2. The minimum absolute atomic E-state index is 0.155.